The quantitative estimate of drug-likeness (QED) is 0.444. The molecule has 1 amide bonds. The lowest BCUT2D eigenvalue weighted by molar-refractivity contribution is 0.0926. The number of hydrogen-bond donors (Lipinski definition) is 2. The van der Waals surface area contributed by atoms with Gasteiger partial charge in [-0.2, -0.15) is 16.9 Å². The molecule has 2 aromatic carbocycles. The Morgan fingerprint density at radius 3 is 2.65 bits per heavy atom. The van der Waals surface area contributed by atoms with E-state index in [1.165, 1.54) is 16.8 Å². The number of aromatic nitrogens is 4. The van der Waals surface area contributed by atoms with Crippen LogP contribution in [-0.4, -0.2) is 37.7 Å². The first-order valence-corrected chi connectivity index (χ1v) is 11.4. The third kappa shape index (κ3) is 5.03. The number of carbonyl (C=O) groups excluding carboxylic acids is 1. The Kier molecular flexibility index (Phi) is 6.47. The van der Waals surface area contributed by atoms with Crippen LogP contribution in [0.25, 0.3) is 11.0 Å². The van der Waals surface area contributed by atoms with Crippen LogP contribution in [0.4, 0.5) is 0 Å². The van der Waals surface area contributed by atoms with Gasteiger partial charge in [-0.1, -0.05) is 42.5 Å². The van der Waals surface area contributed by atoms with Crippen molar-refractivity contribution in [2.75, 3.05) is 12.0 Å². The van der Waals surface area contributed by atoms with Gasteiger partial charge in [-0.3, -0.25) is 9.59 Å². The number of carbonyl (C=O) groups is 1. The van der Waals surface area contributed by atoms with Crippen molar-refractivity contribution in [2.45, 2.75) is 19.0 Å². The van der Waals surface area contributed by atoms with E-state index in [0.29, 0.717) is 12.4 Å². The zero-order valence-electron chi connectivity index (χ0n) is 17.1. The molecule has 31 heavy (non-hydrogen) atoms. The minimum Gasteiger partial charge on any atom is -0.341 e. The summed E-state index contributed by atoms with van der Waals surface area (Å²) in [7, 11) is 0. The van der Waals surface area contributed by atoms with Gasteiger partial charge in [0.15, 0.2) is 0 Å². The zero-order chi connectivity index (χ0) is 21.6. The van der Waals surface area contributed by atoms with Crippen molar-refractivity contribution in [3.8, 4) is 0 Å². The number of aromatic amines is 1. The minimum atomic E-state index is -0.339. The molecule has 0 aliphatic carbocycles. The van der Waals surface area contributed by atoms with Gasteiger partial charge in [-0.15, -0.1) is 0 Å². The summed E-state index contributed by atoms with van der Waals surface area (Å²) in [6, 6.07) is 19.9. The fourth-order valence-corrected chi connectivity index (χ4v) is 3.79. The van der Waals surface area contributed by atoms with E-state index in [1.807, 2.05) is 60.9 Å². The molecule has 7 nitrogen and oxygen atoms in total. The number of hydrogen-bond acceptors (Lipinski definition) is 5. The molecule has 8 heteroatoms. The third-order valence-electron chi connectivity index (χ3n) is 4.93. The van der Waals surface area contributed by atoms with E-state index in [4.69, 9.17) is 0 Å². The number of benzene rings is 2. The number of nitrogens with one attached hydrogen (secondary N) is 2. The highest BCUT2D eigenvalue weighted by Crippen LogP contribution is 2.20. The van der Waals surface area contributed by atoms with Gasteiger partial charge in [-0.05, 0) is 42.2 Å². The van der Waals surface area contributed by atoms with Gasteiger partial charge in [0.2, 0.25) is 0 Å². The summed E-state index contributed by atoms with van der Waals surface area (Å²) in [6.07, 6.45) is 2.74. The van der Waals surface area contributed by atoms with Crippen molar-refractivity contribution in [2.24, 2.45) is 0 Å². The Hall–Kier alpha value is -3.39. The molecule has 0 bridgehead atoms. The molecule has 2 aromatic heterocycles. The highest BCUT2D eigenvalue weighted by atomic mass is 32.2. The number of thioether (sulfide) groups is 1. The highest BCUT2D eigenvalue weighted by Gasteiger charge is 2.20. The minimum absolute atomic E-state index is 0.195. The van der Waals surface area contributed by atoms with Crippen molar-refractivity contribution in [1.29, 1.82) is 0 Å². The molecule has 0 spiro atoms. The summed E-state index contributed by atoms with van der Waals surface area (Å²) in [4.78, 5) is 33.2. The molecule has 0 aliphatic rings. The second-order valence-corrected chi connectivity index (χ2v) is 8.13. The molecule has 0 radical (unpaired) electrons. The first-order chi connectivity index (χ1) is 15.1. The molecule has 0 saturated heterocycles. The Bertz CT molecular complexity index is 1200. The molecule has 2 heterocycles. The van der Waals surface area contributed by atoms with Crippen molar-refractivity contribution in [3.05, 3.63) is 94.2 Å². The number of para-hydroxylation sites is 2. The Balaban J connectivity index is 1.56. The molecule has 158 valence electrons. The van der Waals surface area contributed by atoms with Crippen molar-refractivity contribution in [1.82, 2.24) is 25.1 Å². The van der Waals surface area contributed by atoms with Crippen LogP contribution in [0.2, 0.25) is 0 Å². The van der Waals surface area contributed by atoms with Crippen molar-refractivity contribution >= 4 is 28.7 Å². The maximum Gasteiger partial charge on any atom is 0.272 e. The monoisotopic (exact) mass is 433 g/mol. The lowest BCUT2D eigenvalue weighted by Gasteiger charge is -2.16. The standard InChI is InChI=1S/C23H23N5O2S/c1-31-14-13-19(22-24-17-9-5-6-10-18(17)25-22)26-23(30)20-11-12-21(29)28(27-20)15-16-7-3-2-4-8-16/h2-12,19H,13-15H2,1H3,(H,24,25)(H,26,30)/t19-/m0/s1. The van der Waals surface area contributed by atoms with Crippen LogP contribution in [0.3, 0.4) is 0 Å². The van der Waals surface area contributed by atoms with Gasteiger partial charge in [0, 0.05) is 6.07 Å². The summed E-state index contributed by atoms with van der Waals surface area (Å²) in [5.74, 6) is 1.23. The Labute approximate surface area is 183 Å². The Morgan fingerprint density at radius 1 is 1.10 bits per heavy atom. The third-order valence-corrected chi connectivity index (χ3v) is 5.57. The van der Waals surface area contributed by atoms with E-state index in [1.54, 1.807) is 11.8 Å². The topological polar surface area (TPSA) is 92.7 Å². The maximum absolute atomic E-state index is 13.0. The largest absolute Gasteiger partial charge is 0.341 e. The van der Waals surface area contributed by atoms with Gasteiger partial charge >= 0.3 is 0 Å². The van der Waals surface area contributed by atoms with Crippen LogP contribution >= 0.6 is 11.8 Å². The molecule has 2 N–H and O–H groups in total. The first-order valence-electron chi connectivity index (χ1n) is 10.0. The van der Waals surface area contributed by atoms with E-state index >= 15 is 0 Å². The number of H-pyrrole nitrogens is 1. The average Bonchev–Trinajstić information content (AvgIpc) is 3.23. The normalized spacial score (nSPS) is 12.0. The number of imidazole rings is 1. The van der Waals surface area contributed by atoms with E-state index in [-0.39, 0.29) is 23.2 Å². The first kappa shape index (κ1) is 20.9. The lowest BCUT2D eigenvalue weighted by atomic mass is 10.2. The van der Waals surface area contributed by atoms with E-state index in [2.05, 4.69) is 20.4 Å². The average molecular weight is 434 g/mol. The molecule has 0 saturated carbocycles. The highest BCUT2D eigenvalue weighted by molar-refractivity contribution is 7.98. The summed E-state index contributed by atoms with van der Waals surface area (Å²) in [6.45, 7) is 0.306. The number of amides is 1. The van der Waals surface area contributed by atoms with Crippen molar-refractivity contribution < 1.29 is 4.79 Å². The van der Waals surface area contributed by atoms with Gasteiger partial charge < -0.3 is 10.3 Å². The molecule has 0 fully saturated rings. The van der Waals surface area contributed by atoms with Crippen LogP contribution in [0.1, 0.15) is 34.3 Å². The molecule has 0 aliphatic heterocycles. The zero-order valence-corrected chi connectivity index (χ0v) is 17.9. The van der Waals surface area contributed by atoms with Crippen LogP contribution in [-0.2, 0) is 6.54 Å². The second kappa shape index (κ2) is 9.61. The molecule has 0 unspecified atom stereocenters. The SMILES string of the molecule is CSCC[C@H](NC(=O)c1ccc(=O)n(Cc2ccccc2)n1)c1nc2ccccc2[nH]1. The summed E-state index contributed by atoms with van der Waals surface area (Å²) < 4.78 is 1.31. The van der Waals surface area contributed by atoms with E-state index in [0.717, 1.165) is 28.8 Å². The number of fused-ring (bicyclic) bond motifs is 1. The maximum atomic E-state index is 13.0. The molecule has 4 aromatic rings. The second-order valence-electron chi connectivity index (χ2n) is 7.15. The fourth-order valence-electron chi connectivity index (χ4n) is 3.32. The van der Waals surface area contributed by atoms with Gasteiger partial charge in [0.25, 0.3) is 11.5 Å². The van der Waals surface area contributed by atoms with Crippen LogP contribution < -0.4 is 10.9 Å². The summed E-state index contributed by atoms with van der Waals surface area (Å²) >= 11 is 1.71. The van der Waals surface area contributed by atoms with Crippen LogP contribution in [0.15, 0.2) is 71.5 Å². The summed E-state index contributed by atoms with van der Waals surface area (Å²) in [5.41, 5.74) is 2.66. The van der Waals surface area contributed by atoms with Gasteiger partial charge in [0.1, 0.15) is 11.5 Å². The molecule has 1 atom stereocenters. The predicted molar refractivity (Wildman–Crippen MR) is 123 cm³/mol. The van der Waals surface area contributed by atoms with E-state index < -0.39 is 0 Å². The Morgan fingerprint density at radius 2 is 1.87 bits per heavy atom. The van der Waals surface area contributed by atoms with Gasteiger partial charge in [-0.25, -0.2) is 9.67 Å². The number of rotatable bonds is 8. The molecular formula is C23H23N5O2S. The van der Waals surface area contributed by atoms with Crippen LogP contribution in [0, 0.1) is 0 Å². The van der Waals surface area contributed by atoms with Gasteiger partial charge in [0.05, 0.1) is 23.6 Å². The summed E-state index contributed by atoms with van der Waals surface area (Å²) in [5, 5.41) is 7.33. The number of nitrogens with zero attached hydrogens (tertiary/aromatic N) is 3. The molecule has 4 rings (SSSR count). The fraction of sp³-hybridized carbons (Fsp3) is 0.217. The lowest BCUT2D eigenvalue weighted by Crippen LogP contribution is -2.33. The molecular weight excluding hydrogens is 410 g/mol. The van der Waals surface area contributed by atoms with Crippen molar-refractivity contribution in [3.63, 3.8) is 0 Å². The smallest absolute Gasteiger partial charge is 0.272 e. The van der Waals surface area contributed by atoms with Crippen LogP contribution in [0.5, 0.6) is 0 Å². The van der Waals surface area contributed by atoms with E-state index in [9.17, 15) is 9.59 Å². The predicted octanol–water partition coefficient (Wildman–Crippen LogP) is 3.39.